The van der Waals surface area contributed by atoms with Gasteiger partial charge in [0.05, 0.1) is 0 Å². The van der Waals surface area contributed by atoms with E-state index in [9.17, 15) is 0 Å². The van der Waals surface area contributed by atoms with Crippen LogP contribution in [-0.4, -0.2) is 10.8 Å². The first-order valence-electron chi connectivity index (χ1n) is 5.44. The Bertz CT molecular complexity index is 509. The lowest BCUT2D eigenvalue weighted by Gasteiger charge is -2.01. The molecule has 4 heteroatoms. The first kappa shape index (κ1) is 11.8. The zero-order valence-electron chi connectivity index (χ0n) is 9.97. The van der Waals surface area contributed by atoms with Crippen molar-refractivity contribution in [3.63, 3.8) is 0 Å². The maximum Gasteiger partial charge on any atom is 0.154 e. The lowest BCUT2D eigenvalue weighted by Crippen LogP contribution is -2.13. The van der Waals surface area contributed by atoms with E-state index < -0.39 is 0 Å². The average Bonchev–Trinajstić information content (AvgIpc) is 2.67. The number of nitrogens with two attached hydrogens (primary N) is 1. The Hall–Kier alpha value is -1.68. The molecule has 17 heavy (non-hydrogen) atoms. The van der Waals surface area contributed by atoms with Crippen LogP contribution < -0.4 is 5.73 Å². The number of nitrogens with zero attached hydrogens (tertiary/aromatic N) is 2. The lowest BCUT2D eigenvalue weighted by atomic mass is 10.2. The first-order chi connectivity index (χ1) is 8.13. The second kappa shape index (κ2) is 5.10. The van der Waals surface area contributed by atoms with Crippen LogP contribution in [0, 0.1) is 13.8 Å². The van der Waals surface area contributed by atoms with E-state index in [1.165, 1.54) is 4.88 Å². The van der Waals surface area contributed by atoms with Crippen molar-refractivity contribution in [2.75, 3.05) is 0 Å². The van der Waals surface area contributed by atoms with Crippen LogP contribution in [-0.2, 0) is 6.42 Å². The Kier molecular flexibility index (Phi) is 3.54. The van der Waals surface area contributed by atoms with Gasteiger partial charge in [-0.15, -0.1) is 11.3 Å². The van der Waals surface area contributed by atoms with Crippen LogP contribution in [0.1, 0.15) is 16.1 Å². The normalized spacial score (nSPS) is 11.8. The number of thiophene rings is 1. The van der Waals surface area contributed by atoms with Gasteiger partial charge in [0.15, 0.2) is 5.82 Å². The van der Waals surface area contributed by atoms with Gasteiger partial charge in [-0.05, 0) is 43.0 Å². The summed E-state index contributed by atoms with van der Waals surface area (Å²) in [6, 6.07) is 8.03. The van der Waals surface area contributed by atoms with Crippen LogP contribution >= 0.6 is 11.3 Å². The molecule has 2 N–H and O–H groups in total. The van der Waals surface area contributed by atoms with Crippen molar-refractivity contribution in [2.45, 2.75) is 20.3 Å². The third-order valence-corrected chi connectivity index (χ3v) is 3.15. The molecule has 2 aromatic rings. The van der Waals surface area contributed by atoms with E-state index in [4.69, 9.17) is 5.73 Å². The highest BCUT2D eigenvalue weighted by Gasteiger charge is 2.00. The molecule has 0 fully saturated rings. The van der Waals surface area contributed by atoms with Crippen LogP contribution in [0.3, 0.4) is 0 Å². The number of hydrogen-bond acceptors (Lipinski definition) is 3. The Morgan fingerprint density at radius 3 is 2.88 bits per heavy atom. The van der Waals surface area contributed by atoms with Crippen LogP contribution in [0.5, 0.6) is 0 Å². The molecule has 2 heterocycles. The molecule has 0 saturated carbocycles. The SMILES string of the molecule is Cc1cc(C)nc(/N=C(/N)Cc2cccs2)c1. The van der Waals surface area contributed by atoms with Crippen molar-refractivity contribution >= 4 is 23.0 Å². The standard InChI is InChI=1S/C13H15N3S/c1-9-6-10(2)15-13(7-9)16-12(14)8-11-4-3-5-17-11/h3-7H,8H2,1-2H3,(H2,14,15,16). The summed E-state index contributed by atoms with van der Waals surface area (Å²) >= 11 is 1.69. The number of rotatable bonds is 3. The Morgan fingerprint density at radius 2 is 2.24 bits per heavy atom. The summed E-state index contributed by atoms with van der Waals surface area (Å²) in [6.45, 7) is 3.99. The minimum absolute atomic E-state index is 0.602. The average molecular weight is 245 g/mol. The van der Waals surface area contributed by atoms with E-state index in [0.717, 1.165) is 11.3 Å². The van der Waals surface area contributed by atoms with E-state index in [1.54, 1.807) is 11.3 Å². The first-order valence-corrected chi connectivity index (χ1v) is 6.32. The molecule has 0 bridgehead atoms. The summed E-state index contributed by atoms with van der Waals surface area (Å²) in [6.07, 6.45) is 0.687. The highest BCUT2D eigenvalue weighted by molar-refractivity contribution is 7.10. The maximum atomic E-state index is 5.91. The fourth-order valence-corrected chi connectivity index (χ4v) is 2.38. The highest BCUT2D eigenvalue weighted by atomic mass is 32.1. The number of aromatic nitrogens is 1. The van der Waals surface area contributed by atoms with Gasteiger partial charge in [0.1, 0.15) is 5.84 Å². The van der Waals surface area contributed by atoms with Crippen LogP contribution in [0.2, 0.25) is 0 Å². The summed E-state index contributed by atoms with van der Waals surface area (Å²) in [4.78, 5) is 9.90. The minimum Gasteiger partial charge on any atom is -0.387 e. The number of amidine groups is 1. The molecular weight excluding hydrogens is 230 g/mol. The van der Waals surface area contributed by atoms with Crippen molar-refractivity contribution in [3.05, 3.63) is 45.8 Å². The highest BCUT2D eigenvalue weighted by Crippen LogP contribution is 2.14. The summed E-state index contributed by atoms with van der Waals surface area (Å²) < 4.78 is 0. The van der Waals surface area contributed by atoms with Gasteiger partial charge in [-0.1, -0.05) is 6.07 Å². The number of aryl methyl sites for hydroxylation is 2. The second-order valence-corrected chi connectivity index (χ2v) is 5.04. The van der Waals surface area contributed by atoms with Crippen molar-refractivity contribution in [3.8, 4) is 0 Å². The van der Waals surface area contributed by atoms with Crippen molar-refractivity contribution in [1.29, 1.82) is 0 Å². The molecule has 0 amide bonds. The molecule has 0 saturated heterocycles. The van der Waals surface area contributed by atoms with Crippen molar-refractivity contribution in [1.82, 2.24) is 4.98 Å². The van der Waals surface area contributed by atoms with E-state index in [2.05, 4.69) is 16.0 Å². The Morgan fingerprint density at radius 1 is 1.41 bits per heavy atom. The van der Waals surface area contributed by atoms with Gasteiger partial charge in [0.2, 0.25) is 0 Å². The predicted octanol–water partition coefficient (Wildman–Crippen LogP) is 2.99. The quantitative estimate of drug-likeness (QED) is 0.667. The molecule has 0 aliphatic heterocycles. The van der Waals surface area contributed by atoms with Crippen LogP contribution in [0.25, 0.3) is 0 Å². The third-order valence-electron chi connectivity index (χ3n) is 2.28. The van der Waals surface area contributed by atoms with Gasteiger partial charge in [-0.2, -0.15) is 0 Å². The number of pyridine rings is 1. The van der Waals surface area contributed by atoms with Gasteiger partial charge >= 0.3 is 0 Å². The van der Waals surface area contributed by atoms with Gasteiger partial charge in [-0.25, -0.2) is 9.98 Å². The molecule has 0 unspecified atom stereocenters. The molecule has 0 spiro atoms. The van der Waals surface area contributed by atoms with E-state index >= 15 is 0 Å². The fourth-order valence-electron chi connectivity index (χ4n) is 1.66. The van der Waals surface area contributed by atoms with Gasteiger partial charge < -0.3 is 5.73 Å². The number of hydrogen-bond donors (Lipinski definition) is 1. The molecule has 88 valence electrons. The topological polar surface area (TPSA) is 51.3 Å². The second-order valence-electron chi connectivity index (χ2n) is 4.00. The predicted molar refractivity (Wildman–Crippen MR) is 73.0 cm³/mol. The molecule has 2 aromatic heterocycles. The van der Waals surface area contributed by atoms with Crippen molar-refractivity contribution < 1.29 is 0 Å². The Labute approximate surface area is 105 Å². The molecular formula is C13H15N3S. The zero-order chi connectivity index (χ0) is 12.3. The summed E-state index contributed by atoms with van der Waals surface area (Å²) in [5, 5.41) is 2.04. The van der Waals surface area contributed by atoms with E-state index in [1.807, 2.05) is 37.4 Å². The largest absolute Gasteiger partial charge is 0.387 e. The summed E-state index contributed by atoms with van der Waals surface area (Å²) in [5.41, 5.74) is 8.03. The number of aliphatic imine (C=N–C) groups is 1. The molecule has 3 nitrogen and oxygen atoms in total. The fraction of sp³-hybridized carbons (Fsp3) is 0.231. The van der Waals surface area contributed by atoms with Gasteiger partial charge in [-0.3, -0.25) is 0 Å². The van der Waals surface area contributed by atoms with Crippen LogP contribution in [0.4, 0.5) is 5.82 Å². The summed E-state index contributed by atoms with van der Waals surface area (Å²) in [5.74, 6) is 1.29. The smallest absolute Gasteiger partial charge is 0.154 e. The molecule has 0 aliphatic carbocycles. The molecule has 0 aromatic carbocycles. The summed E-state index contributed by atoms with van der Waals surface area (Å²) in [7, 11) is 0. The van der Waals surface area contributed by atoms with Gasteiger partial charge in [0, 0.05) is 17.0 Å². The zero-order valence-corrected chi connectivity index (χ0v) is 10.8. The Balaban J connectivity index is 2.17. The lowest BCUT2D eigenvalue weighted by molar-refractivity contribution is 1.15. The minimum atomic E-state index is 0.602. The monoisotopic (exact) mass is 245 g/mol. The maximum absolute atomic E-state index is 5.91. The van der Waals surface area contributed by atoms with Gasteiger partial charge in [0.25, 0.3) is 0 Å². The van der Waals surface area contributed by atoms with E-state index in [0.29, 0.717) is 18.1 Å². The molecule has 0 radical (unpaired) electrons. The van der Waals surface area contributed by atoms with Crippen LogP contribution in [0.15, 0.2) is 34.6 Å². The van der Waals surface area contributed by atoms with E-state index in [-0.39, 0.29) is 0 Å². The molecule has 0 aliphatic rings. The molecule has 0 atom stereocenters. The molecule has 2 rings (SSSR count). The van der Waals surface area contributed by atoms with Crippen molar-refractivity contribution in [2.24, 2.45) is 10.7 Å². The third kappa shape index (κ3) is 3.39.